The molecule has 0 radical (unpaired) electrons. The molecule has 0 saturated carbocycles. The molecule has 52 heavy (non-hydrogen) atoms. The lowest BCUT2D eigenvalue weighted by molar-refractivity contribution is 0.659. The normalized spacial score (nSPS) is 14.5. The van der Waals surface area contributed by atoms with E-state index in [0.717, 1.165) is 0 Å². The van der Waals surface area contributed by atoms with Crippen molar-refractivity contribution in [1.82, 2.24) is 0 Å². The van der Waals surface area contributed by atoms with Gasteiger partial charge in [0.2, 0.25) is 0 Å². The van der Waals surface area contributed by atoms with Crippen LogP contribution in [0.4, 0.5) is 0 Å². The van der Waals surface area contributed by atoms with Crippen LogP contribution < -0.4 is 0 Å². The van der Waals surface area contributed by atoms with Crippen molar-refractivity contribution in [2.75, 3.05) is 0 Å². The summed E-state index contributed by atoms with van der Waals surface area (Å²) in [5.74, 6) is 0. The molecular weight excluding hydrogens is 625 g/mol. The molecule has 8 aromatic carbocycles. The zero-order valence-electron chi connectivity index (χ0n) is 30.2. The van der Waals surface area contributed by atoms with E-state index >= 15 is 0 Å². The molecule has 0 unspecified atom stereocenters. The molecule has 0 amide bonds. The zero-order chi connectivity index (χ0) is 35.2. The Labute approximate surface area is 307 Å². The maximum Gasteiger partial charge on any atom is 0.0159 e. The van der Waals surface area contributed by atoms with E-state index in [1.165, 1.54) is 99.8 Å². The minimum Gasteiger partial charge on any atom is -0.0619 e. The van der Waals surface area contributed by atoms with E-state index in [4.69, 9.17) is 0 Å². The third kappa shape index (κ3) is 4.60. The Bertz CT molecular complexity index is 2700. The Balaban J connectivity index is 0.929. The Hall–Kier alpha value is -5.98. The fourth-order valence-electron chi connectivity index (χ4n) is 9.15. The van der Waals surface area contributed by atoms with Gasteiger partial charge in [-0.15, -0.1) is 0 Å². The van der Waals surface area contributed by atoms with Gasteiger partial charge in [0.05, 0.1) is 0 Å². The van der Waals surface area contributed by atoms with Crippen molar-refractivity contribution in [3.63, 3.8) is 0 Å². The monoisotopic (exact) mass is 664 g/mol. The van der Waals surface area contributed by atoms with Gasteiger partial charge in [-0.05, 0) is 118 Å². The molecule has 0 spiro atoms. The summed E-state index contributed by atoms with van der Waals surface area (Å²) < 4.78 is 0. The second kappa shape index (κ2) is 11.3. The fourth-order valence-corrected chi connectivity index (χ4v) is 9.15. The Kier molecular flexibility index (Phi) is 6.67. The topological polar surface area (TPSA) is 0 Å². The second-order valence-corrected chi connectivity index (χ2v) is 15.8. The van der Waals surface area contributed by atoms with Crippen LogP contribution in [0.5, 0.6) is 0 Å². The summed E-state index contributed by atoms with van der Waals surface area (Å²) in [6, 6.07) is 63.4. The third-order valence-corrected chi connectivity index (χ3v) is 12.1. The lowest BCUT2D eigenvalue weighted by Gasteiger charge is -2.23. The van der Waals surface area contributed by atoms with Gasteiger partial charge in [0.1, 0.15) is 0 Å². The molecule has 0 aromatic heterocycles. The highest BCUT2D eigenvalue weighted by Crippen LogP contribution is 2.52. The average Bonchev–Trinajstić information content (AvgIpc) is 3.56. The molecule has 2 aliphatic rings. The Morgan fingerprint density at radius 1 is 0.269 bits per heavy atom. The van der Waals surface area contributed by atoms with Crippen molar-refractivity contribution in [1.29, 1.82) is 0 Å². The zero-order valence-corrected chi connectivity index (χ0v) is 30.2. The van der Waals surface area contributed by atoms with E-state index < -0.39 is 0 Å². The Morgan fingerprint density at radius 2 is 0.635 bits per heavy atom. The summed E-state index contributed by atoms with van der Waals surface area (Å²) in [5.41, 5.74) is 21.0. The summed E-state index contributed by atoms with van der Waals surface area (Å²) in [5, 5.41) is 2.56. The van der Waals surface area contributed by atoms with Crippen LogP contribution in [0.3, 0.4) is 0 Å². The fraction of sp³-hybridized carbons (Fsp3) is 0.115. The molecule has 0 saturated heterocycles. The van der Waals surface area contributed by atoms with Crippen LogP contribution in [-0.2, 0) is 10.8 Å². The SMILES string of the molecule is CC1(C)c2ccccc2-c2ccc(-c3ccc4c(c3)C(C)(C)c3cc(-c5ccc(-c6ccc(-c7cccc8ccccc78)cc6)cc5)ccc3-4)cc21. The van der Waals surface area contributed by atoms with E-state index in [1.54, 1.807) is 0 Å². The van der Waals surface area contributed by atoms with Crippen molar-refractivity contribution >= 4 is 10.8 Å². The molecule has 0 N–H and O–H groups in total. The van der Waals surface area contributed by atoms with E-state index in [0.29, 0.717) is 0 Å². The van der Waals surface area contributed by atoms with Gasteiger partial charge in [0.15, 0.2) is 0 Å². The van der Waals surface area contributed by atoms with Crippen LogP contribution >= 0.6 is 0 Å². The van der Waals surface area contributed by atoms with Crippen LogP contribution in [0.2, 0.25) is 0 Å². The van der Waals surface area contributed by atoms with Crippen molar-refractivity contribution in [2.45, 2.75) is 38.5 Å². The molecule has 0 bridgehead atoms. The van der Waals surface area contributed by atoms with Gasteiger partial charge in [-0.3, -0.25) is 0 Å². The summed E-state index contributed by atoms with van der Waals surface area (Å²) in [6.45, 7) is 9.50. The molecule has 0 nitrogen and oxygen atoms in total. The highest BCUT2D eigenvalue weighted by Gasteiger charge is 2.37. The van der Waals surface area contributed by atoms with Gasteiger partial charge in [0.25, 0.3) is 0 Å². The Morgan fingerprint density at radius 3 is 1.21 bits per heavy atom. The van der Waals surface area contributed by atoms with Crippen molar-refractivity contribution in [2.24, 2.45) is 0 Å². The molecular formula is C52H40. The second-order valence-electron chi connectivity index (χ2n) is 15.8. The summed E-state index contributed by atoms with van der Waals surface area (Å²) in [4.78, 5) is 0. The van der Waals surface area contributed by atoms with Crippen LogP contribution in [0.1, 0.15) is 49.9 Å². The largest absolute Gasteiger partial charge is 0.0619 e. The summed E-state index contributed by atoms with van der Waals surface area (Å²) >= 11 is 0. The van der Waals surface area contributed by atoms with Crippen molar-refractivity contribution in [3.05, 3.63) is 192 Å². The molecule has 10 rings (SSSR count). The lowest BCUT2D eigenvalue weighted by atomic mass is 9.80. The van der Waals surface area contributed by atoms with E-state index in [1.807, 2.05) is 0 Å². The van der Waals surface area contributed by atoms with Gasteiger partial charge in [-0.1, -0.05) is 179 Å². The minimum absolute atomic E-state index is 0.00844. The summed E-state index contributed by atoms with van der Waals surface area (Å²) in [6.07, 6.45) is 0. The van der Waals surface area contributed by atoms with Gasteiger partial charge < -0.3 is 0 Å². The standard InChI is InChI=1S/C52H40/c1-51(2)47-15-8-7-13-43(47)44-28-25-39(31-48(44)51)40-26-29-46-45-27-24-38(30-49(45)52(3,4)50(46)32-40)35-18-16-33(17-19-35)34-20-22-37(23-21-34)42-14-9-11-36-10-5-6-12-41(36)42/h5-32H,1-4H3. The van der Waals surface area contributed by atoms with Gasteiger partial charge in [0, 0.05) is 10.8 Å². The van der Waals surface area contributed by atoms with Gasteiger partial charge >= 0.3 is 0 Å². The van der Waals surface area contributed by atoms with Gasteiger partial charge in [-0.2, -0.15) is 0 Å². The third-order valence-electron chi connectivity index (χ3n) is 12.1. The van der Waals surface area contributed by atoms with E-state index in [9.17, 15) is 0 Å². The van der Waals surface area contributed by atoms with Crippen molar-refractivity contribution < 1.29 is 0 Å². The maximum absolute atomic E-state index is 2.45. The predicted octanol–water partition coefficient (Wildman–Crippen LogP) is 14.1. The van der Waals surface area contributed by atoms with Crippen molar-refractivity contribution in [3.8, 4) is 66.8 Å². The molecule has 8 aromatic rings. The van der Waals surface area contributed by atoms with E-state index in [2.05, 4.69) is 198 Å². The van der Waals surface area contributed by atoms with E-state index in [-0.39, 0.29) is 10.8 Å². The number of hydrogen-bond acceptors (Lipinski definition) is 0. The van der Waals surface area contributed by atoms with Crippen LogP contribution in [0.25, 0.3) is 77.5 Å². The molecule has 0 fully saturated rings. The van der Waals surface area contributed by atoms with Gasteiger partial charge in [-0.25, -0.2) is 0 Å². The smallest absolute Gasteiger partial charge is 0.0159 e. The quantitative estimate of drug-likeness (QED) is 0.176. The highest BCUT2D eigenvalue weighted by atomic mass is 14.4. The number of fused-ring (bicyclic) bond motifs is 7. The highest BCUT2D eigenvalue weighted by molar-refractivity contribution is 5.97. The minimum atomic E-state index is -0.102. The first-order valence-corrected chi connectivity index (χ1v) is 18.5. The van der Waals surface area contributed by atoms with Crippen LogP contribution in [0, 0.1) is 0 Å². The predicted molar refractivity (Wildman–Crippen MR) is 221 cm³/mol. The lowest BCUT2D eigenvalue weighted by Crippen LogP contribution is -2.15. The average molecular weight is 665 g/mol. The maximum atomic E-state index is 2.45. The molecule has 0 atom stereocenters. The number of hydrogen-bond donors (Lipinski definition) is 0. The van der Waals surface area contributed by atoms with Crippen LogP contribution in [-0.4, -0.2) is 0 Å². The molecule has 0 heteroatoms. The molecule has 2 aliphatic carbocycles. The first kappa shape index (κ1) is 30.8. The first-order valence-electron chi connectivity index (χ1n) is 18.5. The molecule has 0 aliphatic heterocycles. The molecule has 248 valence electrons. The number of rotatable bonds is 4. The first-order chi connectivity index (χ1) is 25.3. The van der Waals surface area contributed by atoms with Crippen LogP contribution in [0.15, 0.2) is 170 Å². The number of benzene rings is 8. The molecule has 0 heterocycles. The summed E-state index contributed by atoms with van der Waals surface area (Å²) in [7, 11) is 0.